The number of carbonyl (C=O) groups excluding carboxylic acids is 4. The highest BCUT2D eigenvalue weighted by Gasteiger charge is 2.62. The van der Waals surface area contributed by atoms with E-state index in [-0.39, 0.29) is 46.9 Å². The van der Waals surface area contributed by atoms with E-state index in [0.29, 0.717) is 83.1 Å². The lowest BCUT2D eigenvalue weighted by atomic mass is 9.79. The number of ether oxygens (including phenoxy) is 2. The second-order valence-corrected chi connectivity index (χ2v) is 19.8. The normalized spacial score (nSPS) is 15.0. The van der Waals surface area contributed by atoms with E-state index in [2.05, 4.69) is 0 Å². The molecule has 0 bridgehead atoms. The lowest BCUT2D eigenvalue weighted by Crippen LogP contribution is -2.45. The van der Waals surface area contributed by atoms with Gasteiger partial charge in [-0.2, -0.15) is 21.0 Å². The van der Waals surface area contributed by atoms with Gasteiger partial charge in [0, 0.05) is 42.8 Å². The van der Waals surface area contributed by atoms with Crippen molar-refractivity contribution >= 4 is 120 Å². The quantitative estimate of drug-likeness (QED) is 0.0799. The predicted molar refractivity (Wildman–Crippen MR) is 264 cm³/mol. The van der Waals surface area contributed by atoms with E-state index >= 15 is 9.59 Å². The van der Waals surface area contributed by atoms with Gasteiger partial charge >= 0.3 is 11.9 Å². The van der Waals surface area contributed by atoms with Gasteiger partial charge in [-0.3, -0.25) is 19.2 Å². The topological polar surface area (TPSA) is 207 Å². The third kappa shape index (κ3) is 6.62. The van der Waals surface area contributed by atoms with Crippen LogP contribution in [0.1, 0.15) is 54.1 Å². The minimum absolute atomic E-state index is 0.0808. The summed E-state index contributed by atoms with van der Waals surface area (Å²) in [5.41, 5.74) is 0.731. The monoisotopic (exact) mass is 968 g/mol. The number of esters is 2. The molecular weight excluding hydrogens is 945 g/mol. The van der Waals surface area contributed by atoms with Crippen molar-refractivity contribution in [3.8, 4) is 34.0 Å². The van der Waals surface area contributed by atoms with Crippen LogP contribution in [0.4, 0.5) is 10.0 Å². The molecule has 4 aromatic carbocycles. The standard InChI is InChI=1S/C53H24N6O6S4/c54-21-29(22-55)39-31-15-7-9-17-33(31)45(60)43(39)58-37-19-35-47(68-37)41-49(66-35)50-42(53(41,51(62)64-25-27-11-3-1-4-12-27)52(63)65-26-28-13-5-2-6-14-28)48-36(67-50)20-38(69-48)59-44-40(30(23-56)24-57)32-16-8-10-18-34(32)46(44)61/h1-20H,25-26H2. The van der Waals surface area contributed by atoms with Crippen LogP contribution < -0.4 is 0 Å². The first-order valence-electron chi connectivity index (χ1n) is 20.8. The molecule has 12 nitrogen and oxygen atoms in total. The Hall–Kier alpha value is -8.74. The van der Waals surface area contributed by atoms with Crippen molar-refractivity contribution in [3.63, 3.8) is 0 Å². The number of Topliss-reactive ketones (excluding diaryl/α,β-unsaturated/α-hetero) is 2. The van der Waals surface area contributed by atoms with Crippen molar-refractivity contribution < 1.29 is 28.7 Å². The first-order valence-corrected chi connectivity index (χ1v) is 24.1. The molecule has 11 rings (SSSR count). The maximum absolute atomic E-state index is 15.5. The highest BCUT2D eigenvalue weighted by atomic mass is 32.1. The Balaban J connectivity index is 1.12. The molecule has 0 fully saturated rings. The Kier molecular flexibility index (Phi) is 10.5. The number of benzene rings is 4. The van der Waals surface area contributed by atoms with Gasteiger partial charge in [-0.1, -0.05) is 109 Å². The summed E-state index contributed by atoms with van der Waals surface area (Å²) in [7, 11) is 0. The van der Waals surface area contributed by atoms with E-state index in [0.717, 1.165) is 22.7 Å². The lowest BCUT2D eigenvalue weighted by molar-refractivity contribution is -0.164. The van der Waals surface area contributed by atoms with Crippen molar-refractivity contribution in [1.82, 2.24) is 0 Å². The van der Waals surface area contributed by atoms with Crippen LogP contribution in [0.2, 0.25) is 0 Å². The molecule has 4 aromatic heterocycles. The summed E-state index contributed by atoms with van der Waals surface area (Å²) in [6.45, 7) is -0.359. The van der Waals surface area contributed by atoms with E-state index in [1.165, 1.54) is 22.7 Å². The molecule has 4 heterocycles. The van der Waals surface area contributed by atoms with Crippen molar-refractivity contribution in [1.29, 1.82) is 21.0 Å². The van der Waals surface area contributed by atoms with Gasteiger partial charge < -0.3 is 9.47 Å². The maximum Gasteiger partial charge on any atom is 0.333 e. The number of nitriles is 4. The van der Waals surface area contributed by atoms with Crippen molar-refractivity contribution in [2.75, 3.05) is 0 Å². The molecular formula is C53H24N6O6S4. The number of thiophene rings is 4. The van der Waals surface area contributed by atoms with Gasteiger partial charge in [0.25, 0.3) is 0 Å². The molecule has 0 spiro atoms. The van der Waals surface area contributed by atoms with Gasteiger partial charge in [-0.05, 0) is 34.4 Å². The summed E-state index contributed by atoms with van der Waals surface area (Å²) >= 11 is 4.93. The van der Waals surface area contributed by atoms with Gasteiger partial charge in [0.15, 0.2) is 0 Å². The highest BCUT2D eigenvalue weighted by Crippen LogP contribution is 2.64. The average molecular weight is 969 g/mol. The molecule has 0 N–H and O–H groups in total. The molecule has 3 aliphatic rings. The molecule has 3 aliphatic carbocycles. The van der Waals surface area contributed by atoms with Crippen LogP contribution in [-0.4, -0.2) is 34.9 Å². The van der Waals surface area contributed by atoms with Crippen LogP contribution in [-0.2, 0) is 37.7 Å². The number of hydrogen-bond donors (Lipinski definition) is 0. The molecule has 0 radical (unpaired) electrons. The average Bonchev–Trinajstić information content (AvgIpc) is 4.24. The second-order valence-electron chi connectivity index (χ2n) is 15.7. The fourth-order valence-corrected chi connectivity index (χ4v) is 14.3. The SMILES string of the molecule is N#CC(C#N)=C1C(=Nc2cc3sc4c(c3s2)C(C(=O)OCc2ccccc2)(C(=O)OCc2ccccc2)c2c-4sc3cc(N=C4C(=O)c5ccccc5C4=C(C#N)C#N)sc23)C(=O)c2ccccc21. The number of carbonyl (C=O) groups is 4. The van der Waals surface area contributed by atoms with Crippen LogP contribution in [0.15, 0.2) is 142 Å². The Labute approximate surface area is 407 Å². The van der Waals surface area contributed by atoms with E-state index in [1.807, 2.05) is 60.7 Å². The number of aliphatic imine (C=N–C) groups is 2. The van der Waals surface area contributed by atoms with Crippen LogP contribution in [0.3, 0.4) is 0 Å². The van der Waals surface area contributed by atoms with E-state index in [9.17, 15) is 30.6 Å². The number of hydrogen-bond acceptors (Lipinski definition) is 16. The number of fused-ring (bicyclic) bond motifs is 9. The Morgan fingerprint density at radius 2 is 0.870 bits per heavy atom. The number of rotatable bonds is 8. The molecule has 69 heavy (non-hydrogen) atoms. The molecule has 0 saturated carbocycles. The zero-order chi connectivity index (χ0) is 47.6. The van der Waals surface area contributed by atoms with Gasteiger partial charge in [0.1, 0.15) is 70.1 Å². The number of allylic oxidation sites excluding steroid dienone is 4. The smallest absolute Gasteiger partial charge is 0.333 e. The Bertz CT molecular complexity index is 3640. The zero-order valence-electron chi connectivity index (χ0n) is 35.2. The third-order valence-electron chi connectivity index (χ3n) is 11.9. The minimum atomic E-state index is -2.23. The summed E-state index contributed by atoms with van der Waals surface area (Å²) < 4.78 is 14.7. The fourth-order valence-electron chi connectivity index (χ4n) is 8.89. The fraction of sp³-hybridized carbons (Fsp3) is 0.0566. The summed E-state index contributed by atoms with van der Waals surface area (Å²) in [5.74, 6) is -2.72. The molecule has 0 amide bonds. The van der Waals surface area contributed by atoms with Crippen LogP contribution in [0.5, 0.6) is 0 Å². The van der Waals surface area contributed by atoms with Gasteiger partial charge in [-0.25, -0.2) is 9.98 Å². The molecule has 0 aliphatic heterocycles. The molecule has 0 atom stereocenters. The van der Waals surface area contributed by atoms with Crippen LogP contribution >= 0.6 is 45.3 Å². The second kappa shape index (κ2) is 16.8. The maximum atomic E-state index is 15.5. The molecule has 326 valence electrons. The summed E-state index contributed by atoms with van der Waals surface area (Å²) in [5, 5.41) is 40.5. The third-order valence-corrected chi connectivity index (χ3v) is 16.7. The minimum Gasteiger partial charge on any atom is -0.459 e. The predicted octanol–water partition coefficient (Wildman–Crippen LogP) is 11.5. The van der Waals surface area contributed by atoms with Crippen molar-refractivity contribution in [2.24, 2.45) is 9.98 Å². The van der Waals surface area contributed by atoms with E-state index in [1.54, 1.807) is 84.9 Å². The Morgan fingerprint density at radius 3 is 1.25 bits per heavy atom. The summed E-state index contributed by atoms with van der Waals surface area (Å²) in [6.07, 6.45) is 0. The first kappa shape index (κ1) is 42.9. The molecule has 0 saturated heterocycles. The molecule has 8 aromatic rings. The van der Waals surface area contributed by atoms with Crippen molar-refractivity contribution in [2.45, 2.75) is 18.6 Å². The van der Waals surface area contributed by atoms with Crippen molar-refractivity contribution in [3.05, 3.63) is 177 Å². The number of ketones is 2. The highest BCUT2D eigenvalue weighted by molar-refractivity contribution is 7.36. The van der Waals surface area contributed by atoms with Gasteiger partial charge in [0.2, 0.25) is 17.0 Å². The largest absolute Gasteiger partial charge is 0.459 e. The number of nitrogens with zero attached hydrogens (tertiary/aromatic N) is 6. The van der Waals surface area contributed by atoms with E-state index in [4.69, 9.17) is 19.5 Å². The van der Waals surface area contributed by atoms with Gasteiger partial charge in [0.05, 0.1) is 19.2 Å². The first-order chi connectivity index (χ1) is 33.7. The van der Waals surface area contributed by atoms with Crippen LogP contribution in [0.25, 0.3) is 39.7 Å². The summed E-state index contributed by atoms with van der Waals surface area (Å²) in [4.78, 5) is 69.6. The zero-order valence-corrected chi connectivity index (χ0v) is 38.5. The van der Waals surface area contributed by atoms with E-state index < -0.39 is 28.9 Å². The summed E-state index contributed by atoms with van der Waals surface area (Å²) in [6, 6.07) is 42.6. The lowest BCUT2D eigenvalue weighted by Gasteiger charge is -2.27. The Morgan fingerprint density at radius 1 is 0.507 bits per heavy atom. The molecule has 0 unspecified atom stereocenters. The molecule has 16 heteroatoms. The van der Waals surface area contributed by atoms with Gasteiger partial charge in [-0.15, -0.1) is 45.3 Å². The van der Waals surface area contributed by atoms with Crippen LogP contribution in [0, 0.1) is 45.3 Å².